The normalized spacial score (nSPS) is 31.9. The number of aryl methyl sites for hydroxylation is 1. The van der Waals surface area contributed by atoms with Crippen molar-refractivity contribution >= 4 is 5.78 Å². The van der Waals surface area contributed by atoms with Crippen molar-refractivity contribution in [1.29, 1.82) is 0 Å². The molecule has 0 radical (unpaired) electrons. The van der Waals surface area contributed by atoms with Gasteiger partial charge in [-0.1, -0.05) is 42.8 Å². The van der Waals surface area contributed by atoms with Crippen molar-refractivity contribution < 1.29 is 9.90 Å². The van der Waals surface area contributed by atoms with Gasteiger partial charge in [0.1, 0.15) is 11.5 Å². The molecule has 2 aromatic carbocycles. The molecule has 2 nitrogen and oxygen atoms in total. The van der Waals surface area contributed by atoms with E-state index >= 15 is 0 Å². The van der Waals surface area contributed by atoms with E-state index in [0.29, 0.717) is 29.3 Å². The Balaban J connectivity index is 1.58. The minimum Gasteiger partial charge on any atom is -0.507 e. The number of carbonyl (C=O) groups excluding carboxylic acids is 1. The van der Waals surface area contributed by atoms with Gasteiger partial charge in [0.25, 0.3) is 0 Å². The van der Waals surface area contributed by atoms with Crippen LogP contribution in [-0.2, 0) is 11.2 Å². The molecule has 27 heavy (non-hydrogen) atoms. The van der Waals surface area contributed by atoms with Crippen LogP contribution in [0.15, 0.2) is 36.4 Å². The fourth-order valence-corrected chi connectivity index (χ4v) is 6.47. The van der Waals surface area contributed by atoms with Crippen LogP contribution in [-0.4, -0.2) is 10.9 Å². The first-order valence-electron chi connectivity index (χ1n) is 10.4. The van der Waals surface area contributed by atoms with Gasteiger partial charge in [-0.25, -0.2) is 0 Å². The van der Waals surface area contributed by atoms with E-state index in [1.807, 2.05) is 6.07 Å². The Hall–Kier alpha value is -2.09. The van der Waals surface area contributed by atoms with E-state index in [9.17, 15) is 9.90 Å². The molecule has 2 aromatic rings. The van der Waals surface area contributed by atoms with Gasteiger partial charge in [0.15, 0.2) is 0 Å². The van der Waals surface area contributed by atoms with Gasteiger partial charge in [0.2, 0.25) is 0 Å². The van der Waals surface area contributed by atoms with Crippen LogP contribution in [0, 0.1) is 24.2 Å². The highest BCUT2D eigenvalue weighted by Gasteiger charge is 2.54. The standard InChI is InChI=1S/C25H28O2/c1-15-3-5-16(6-4-15)24-20-8-7-19-18(17(20)9-11-22(24)26)13-14-25(2)21(19)10-12-23(25)27/h3-6,9,11,18-19,21,26H,7-8,10,12-14H2,1-2H3/t18-,19-,21+,25+/m1/s1. The van der Waals surface area contributed by atoms with Crippen LogP contribution in [0.1, 0.15) is 61.6 Å². The van der Waals surface area contributed by atoms with Crippen LogP contribution >= 0.6 is 0 Å². The maximum absolute atomic E-state index is 12.5. The molecule has 0 unspecified atom stereocenters. The average molecular weight is 360 g/mol. The van der Waals surface area contributed by atoms with E-state index in [4.69, 9.17) is 0 Å². The third-order valence-corrected chi connectivity index (χ3v) is 7.94. The highest BCUT2D eigenvalue weighted by molar-refractivity contribution is 5.87. The molecule has 140 valence electrons. The fourth-order valence-electron chi connectivity index (χ4n) is 6.47. The number of carbonyl (C=O) groups is 1. The number of aromatic hydroxyl groups is 1. The summed E-state index contributed by atoms with van der Waals surface area (Å²) in [6.07, 6.45) is 6.14. The topological polar surface area (TPSA) is 37.3 Å². The van der Waals surface area contributed by atoms with Crippen LogP contribution < -0.4 is 0 Å². The van der Waals surface area contributed by atoms with Gasteiger partial charge in [-0.05, 0) is 79.5 Å². The smallest absolute Gasteiger partial charge is 0.139 e. The van der Waals surface area contributed by atoms with E-state index < -0.39 is 0 Å². The van der Waals surface area contributed by atoms with E-state index in [0.717, 1.165) is 49.7 Å². The van der Waals surface area contributed by atoms with Gasteiger partial charge < -0.3 is 5.11 Å². The van der Waals surface area contributed by atoms with Gasteiger partial charge in [-0.3, -0.25) is 4.79 Å². The molecule has 4 atom stereocenters. The summed E-state index contributed by atoms with van der Waals surface area (Å²) in [4.78, 5) is 12.5. The van der Waals surface area contributed by atoms with Crippen molar-refractivity contribution in [2.24, 2.45) is 17.3 Å². The molecule has 0 aromatic heterocycles. The van der Waals surface area contributed by atoms with Crippen molar-refractivity contribution in [1.82, 2.24) is 0 Å². The Morgan fingerprint density at radius 2 is 1.78 bits per heavy atom. The average Bonchev–Trinajstić information content (AvgIpc) is 2.97. The van der Waals surface area contributed by atoms with Crippen molar-refractivity contribution in [3.8, 4) is 16.9 Å². The summed E-state index contributed by atoms with van der Waals surface area (Å²) in [5.74, 6) is 2.62. The molecular weight excluding hydrogens is 332 g/mol. The van der Waals surface area contributed by atoms with E-state index in [-0.39, 0.29) is 5.41 Å². The van der Waals surface area contributed by atoms with Crippen LogP contribution in [0.2, 0.25) is 0 Å². The Morgan fingerprint density at radius 3 is 2.56 bits per heavy atom. The molecule has 0 heterocycles. The first-order valence-corrected chi connectivity index (χ1v) is 10.4. The summed E-state index contributed by atoms with van der Waals surface area (Å²) < 4.78 is 0. The lowest BCUT2D eigenvalue weighted by atomic mass is 9.55. The van der Waals surface area contributed by atoms with Gasteiger partial charge in [0.05, 0.1) is 0 Å². The quantitative estimate of drug-likeness (QED) is 0.698. The lowest BCUT2D eigenvalue weighted by molar-refractivity contribution is -0.129. The lowest BCUT2D eigenvalue weighted by Gasteiger charge is -2.48. The fraction of sp³-hybridized carbons (Fsp3) is 0.480. The number of ketones is 1. The third-order valence-electron chi connectivity index (χ3n) is 7.94. The molecule has 3 aliphatic carbocycles. The molecule has 0 amide bonds. The Bertz CT molecular complexity index is 911. The summed E-state index contributed by atoms with van der Waals surface area (Å²) in [6.45, 7) is 4.32. The first kappa shape index (κ1) is 17.0. The van der Waals surface area contributed by atoms with Crippen LogP contribution in [0.5, 0.6) is 5.75 Å². The second kappa shape index (κ2) is 5.95. The second-order valence-electron chi connectivity index (χ2n) is 9.23. The zero-order chi connectivity index (χ0) is 18.8. The minimum atomic E-state index is -0.0740. The third kappa shape index (κ3) is 2.42. The van der Waals surface area contributed by atoms with Gasteiger partial charge in [0, 0.05) is 17.4 Å². The predicted octanol–water partition coefficient (Wildman–Crippen LogP) is 5.79. The van der Waals surface area contributed by atoms with Crippen LogP contribution in [0.25, 0.3) is 11.1 Å². The molecule has 0 bridgehead atoms. The summed E-state index contributed by atoms with van der Waals surface area (Å²) in [7, 11) is 0. The molecule has 1 N–H and O–H groups in total. The summed E-state index contributed by atoms with van der Waals surface area (Å²) in [5.41, 5.74) is 6.08. The number of benzene rings is 2. The van der Waals surface area contributed by atoms with E-state index in [1.165, 1.54) is 16.7 Å². The monoisotopic (exact) mass is 360 g/mol. The molecule has 0 spiro atoms. The highest BCUT2D eigenvalue weighted by Crippen LogP contribution is 2.60. The van der Waals surface area contributed by atoms with Crippen LogP contribution in [0.3, 0.4) is 0 Å². The molecular formula is C25H28O2. The highest BCUT2D eigenvalue weighted by atomic mass is 16.3. The van der Waals surface area contributed by atoms with Gasteiger partial charge in [-0.15, -0.1) is 0 Å². The van der Waals surface area contributed by atoms with Crippen molar-refractivity contribution in [2.75, 3.05) is 0 Å². The summed E-state index contributed by atoms with van der Waals surface area (Å²) in [6, 6.07) is 12.6. The number of Topliss-reactive ketones (excluding diaryl/α,β-unsaturated/α-hetero) is 1. The molecule has 2 saturated carbocycles. The zero-order valence-corrected chi connectivity index (χ0v) is 16.3. The number of rotatable bonds is 1. The second-order valence-corrected chi connectivity index (χ2v) is 9.23. The maximum Gasteiger partial charge on any atom is 0.139 e. The van der Waals surface area contributed by atoms with Crippen molar-refractivity contribution in [3.63, 3.8) is 0 Å². The van der Waals surface area contributed by atoms with Crippen LogP contribution in [0.4, 0.5) is 0 Å². The summed E-state index contributed by atoms with van der Waals surface area (Å²) in [5, 5.41) is 10.7. The summed E-state index contributed by atoms with van der Waals surface area (Å²) >= 11 is 0. The largest absolute Gasteiger partial charge is 0.507 e. The SMILES string of the molecule is Cc1ccc(-c2c(O)ccc3c2CC[C@@H]2[C@@H]3CC[C@]3(C)C(=O)CC[C@@H]23)cc1. The molecule has 0 aliphatic heterocycles. The van der Waals surface area contributed by atoms with Crippen molar-refractivity contribution in [2.45, 2.75) is 58.3 Å². The molecule has 2 fully saturated rings. The Labute approximate surface area is 161 Å². The molecule has 3 aliphatic rings. The zero-order valence-electron chi connectivity index (χ0n) is 16.3. The number of fused-ring (bicyclic) bond motifs is 5. The van der Waals surface area contributed by atoms with Gasteiger partial charge >= 0.3 is 0 Å². The maximum atomic E-state index is 12.5. The number of hydrogen-bond acceptors (Lipinski definition) is 2. The Morgan fingerprint density at radius 1 is 1.00 bits per heavy atom. The van der Waals surface area contributed by atoms with Gasteiger partial charge in [-0.2, -0.15) is 0 Å². The lowest BCUT2D eigenvalue weighted by Crippen LogP contribution is -2.42. The number of phenols is 1. The minimum absolute atomic E-state index is 0.0740. The van der Waals surface area contributed by atoms with E-state index in [2.05, 4.69) is 44.2 Å². The molecule has 5 rings (SSSR count). The van der Waals surface area contributed by atoms with E-state index in [1.54, 1.807) is 0 Å². The Kier molecular flexibility index (Phi) is 3.76. The molecule has 2 heteroatoms. The number of hydrogen-bond donors (Lipinski definition) is 1. The number of phenolic OH excluding ortho intramolecular Hbond substituents is 1. The first-order chi connectivity index (χ1) is 13.0. The molecule has 0 saturated heterocycles. The predicted molar refractivity (Wildman–Crippen MR) is 108 cm³/mol. The van der Waals surface area contributed by atoms with Crippen molar-refractivity contribution in [3.05, 3.63) is 53.1 Å².